The van der Waals surface area contributed by atoms with Gasteiger partial charge in [-0.2, -0.15) is 0 Å². The van der Waals surface area contributed by atoms with Crippen molar-refractivity contribution in [1.29, 1.82) is 0 Å². The summed E-state index contributed by atoms with van der Waals surface area (Å²) in [5.74, 6) is 0.662. The average molecular weight is 221 g/mol. The molecule has 0 spiro atoms. The molecule has 0 unspecified atom stereocenters. The van der Waals surface area contributed by atoms with Crippen LogP contribution in [-0.4, -0.2) is 25.5 Å². The third-order valence-corrected chi connectivity index (χ3v) is 2.79. The smallest absolute Gasteiger partial charge is 0.185 e. The first-order chi connectivity index (χ1) is 7.42. The highest BCUT2D eigenvalue weighted by Gasteiger charge is 2.28. The summed E-state index contributed by atoms with van der Waals surface area (Å²) in [5, 5.41) is 3.01. The van der Waals surface area contributed by atoms with E-state index in [0.717, 1.165) is 5.56 Å². The Morgan fingerprint density at radius 3 is 2.50 bits per heavy atom. The lowest BCUT2D eigenvalue weighted by atomic mass is 9.92. The van der Waals surface area contributed by atoms with Crippen molar-refractivity contribution in [2.75, 3.05) is 14.2 Å². The predicted octanol–water partition coefficient (Wildman–Crippen LogP) is 2.18. The predicted molar refractivity (Wildman–Crippen MR) is 65.2 cm³/mol. The monoisotopic (exact) mass is 221 g/mol. The number of carbonyl (C=O) groups excluding carboxylic acids is 1. The summed E-state index contributed by atoms with van der Waals surface area (Å²) in [6, 6.07) is 5.62. The largest absolute Gasteiger partial charge is 0.496 e. The minimum absolute atomic E-state index is 0.0375. The number of hydrogen-bond donors (Lipinski definition) is 1. The van der Waals surface area contributed by atoms with Gasteiger partial charge in [0.1, 0.15) is 5.75 Å². The van der Waals surface area contributed by atoms with Crippen LogP contribution in [0.2, 0.25) is 0 Å². The fourth-order valence-corrected chi connectivity index (χ4v) is 1.45. The quantitative estimate of drug-likeness (QED) is 0.792. The SMILES string of the molecule is CNC(C)(C)C(=O)c1cc(C)ccc1OC. The number of aryl methyl sites for hydroxylation is 1. The minimum Gasteiger partial charge on any atom is -0.496 e. The topological polar surface area (TPSA) is 38.3 Å². The zero-order valence-electron chi connectivity index (χ0n) is 10.5. The van der Waals surface area contributed by atoms with Crippen LogP contribution in [0.25, 0.3) is 0 Å². The summed E-state index contributed by atoms with van der Waals surface area (Å²) >= 11 is 0. The molecule has 1 N–H and O–H groups in total. The second kappa shape index (κ2) is 4.66. The fourth-order valence-electron chi connectivity index (χ4n) is 1.45. The molecule has 3 heteroatoms. The zero-order chi connectivity index (χ0) is 12.3. The number of Topliss-reactive ketones (excluding diaryl/α,β-unsaturated/α-hetero) is 1. The Kier molecular flexibility index (Phi) is 3.70. The molecule has 0 amide bonds. The fraction of sp³-hybridized carbons (Fsp3) is 0.462. The van der Waals surface area contributed by atoms with Crippen LogP contribution in [0, 0.1) is 6.92 Å². The highest BCUT2D eigenvalue weighted by molar-refractivity contribution is 6.04. The van der Waals surface area contributed by atoms with Gasteiger partial charge in [0, 0.05) is 0 Å². The van der Waals surface area contributed by atoms with Gasteiger partial charge in [0.15, 0.2) is 5.78 Å². The van der Waals surface area contributed by atoms with Crippen LogP contribution in [0.4, 0.5) is 0 Å². The Morgan fingerprint density at radius 1 is 1.38 bits per heavy atom. The molecule has 0 fully saturated rings. The third kappa shape index (κ3) is 2.42. The van der Waals surface area contributed by atoms with Crippen molar-refractivity contribution in [2.24, 2.45) is 0 Å². The summed E-state index contributed by atoms with van der Waals surface area (Å²) < 4.78 is 5.21. The Morgan fingerprint density at radius 2 is 2.00 bits per heavy atom. The van der Waals surface area contributed by atoms with E-state index in [0.29, 0.717) is 11.3 Å². The minimum atomic E-state index is -0.582. The number of benzene rings is 1. The number of ketones is 1. The lowest BCUT2D eigenvalue weighted by Crippen LogP contribution is -2.44. The van der Waals surface area contributed by atoms with Crippen molar-refractivity contribution in [3.63, 3.8) is 0 Å². The highest BCUT2D eigenvalue weighted by atomic mass is 16.5. The van der Waals surface area contributed by atoms with Gasteiger partial charge in [0.25, 0.3) is 0 Å². The summed E-state index contributed by atoms with van der Waals surface area (Å²) in [6.45, 7) is 5.68. The first-order valence-corrected chi connectivity index (χ1v) is 5.30. The maximum absolute atomic E-state index is 12.3. The molecule has 1 aromatic carbocycles. The normalized spacial score (nSPS) is 11.3. The lowest BCUT2D eigenvalue weighted by molar-refractivity contribution is 0.0886. The van der Waals surface area contributed by atoms with E-state index >= 15 is 0 Å². The van der Waals surface area contributed by atoms with Gasteiger partial charge in [-0.05, 0) is 40.0 Å². The summed E-state index contributed by atoms with van der Waals surface area (Å²) in [4.78, 5) is 12.3. The van der Waals surface area contributed by atoms with Gasteiger partial charge in [-0.15, -0.1) is 0 Å². The lowest BCUT2D eigenvalue weighted by Gasteiger charge is -2.23. The van der Waals surface area contributed by atoms with Crippen molar-refractivity contribution < 1.29 is 9.53 Å². The Hall–Kier alpha value is -1.35. The number of rotatable bonds is 4. The molecule has 0 aliphatic rings. The molecule has 16 heavy (non-hydrogen) atoms. The van der Waals surface area contributed by atoms with Crippen LogP contribution in [0.5, 0.6) is 5.75 Å². The Balaban J connectivity index is 3.21. The molecule has 0 atom stereocenters. The van der Waals surface area contributed by atoms with Crippen LogP contribution >= 0.6 is 0 Å². The number of ether oxygens (including phenoxy) is 1. The summed E-state index contributed by atoms with van der Waals surface area (Å²) in [7, 11) is 3.36. The number of methoxy groups -OCH3 is 1. The molecule has 1 rings (SSSR count). The number of likely N-dealkylation sites (N-methyl/N-ethyl adjacent to an activating group) is 1. The molecule has 0 heterocycles. The van der Waals surface area contributed by atoms with Crippen molar-refractivity contribution in [1.82, 2.24) is 5.32 Å². The molecule has 0 aliphatic carbocycles. The second-order valence-electron chi connectivity index (χ2n) is 4.41. The van der Waals surface area contributed by atoms with E-state index < -0.39 is 5.54 Å². The van der Waals surface area contributed by atoms with E-state index in [9.17, 15) is 4.79 Å². The molecule has 3 nitrogen and oxygen atoms in total. The third-order valence-electron chi connectivity index (χ3n) is 2.79. The maximum Gasteiger partial charge on any atom is 0.185 e. The second-order valence-corrected chi connectivity index (χ2v) is 4.41. The molecule has 88 valence electrons. The van der Waals surface area contributed by atoms with E-state index in [-0.39, 0.29) is 5.78 Å². The van der Waals surface area contributed by atoms with Gasteiger partial charge in [-0.25, -0.2) is 0 Å². The first kappa shape index (κ1) is 12.7. The molecule has 0 saturated heterocycles. The zero-order valence-corrected chi connectivity index (χ0v) is 10.5. The van der Waals surface area contributed by atoms with E-state index in [1.165, 1.54) is 0 Å². The highest BCUT2D eigenvalue weighted by Crippen LogP contribution is 2.24. The molecule has 0 bridgehead atoms. The van der Waals surface area contributed by atoms with E-state index in [1.807, 2.05) is 39.0 Å². The number of hydrogen-bond acceptors (Lipinski definition) is 3. The van der Waals surface area contributed by atoms with Crippen LogP contribution < -0.4 is 10.1 Å². The van der Waals surface area contributed by atoms with E-state index in [4.69, 9.17) is 4.74 Å². The van der Waals surface area contributed by atoms with Crippen molar-refractivity contribution in [2.45, 2.75) is 26.3 Å². The van der Waals surface area contributed by atoms with Crippen LogP contribution in [0.15, 0.2) is 18.2 Å². The molecule has 0 aliphatic heterocycles. The van der Waals surface area contributed by atoms with Gasteiger partial charge in [0.2, 0.25) is 0 Å². The summed E-state index contributed by atoms with van der Waals surface area (Å²) in [5.41, 5.74) is 1.10. The average Bonchev–Trinajstić information content (AvgIpc) is 2.28. The van der Waals surface area contributed by atoms with Crippen LogP contribution in [0.1, 0.15) is 29.8 Å². The Labute approximate surface area is 96.8 Å². The van der Waals surface area contributed by atoms with E-state index in [2.05, 4.69) is 5.32 Å². The number of carbonyl (C=O) groups is 1. The summed E-state index contributed by atoms with van der Waals surface area (Å²) in [6.07, 6.45) is 0. The van der Waals surface area contributed by atoms with Gasteiger partial charge in [-0.3, -0.25) is 4.79 Å². The van der Waals surface area contributed by atoms with Gasteiger partial charge < -0.3 is 10.1 Å². The molecular formula is C13H19NO2. The Bertz CT molecular complexity index is 397. The van der Waals surface area contributed by atoms with E-state index in [1.54, 1.807) is 14.2 Å². The van der Waals surface area contributed by atoms with Crippen LogP contribution in [-0.2, 0) is 0 Å². The van der Waals surface area contributed by atoms with Crippen molar-refractivity contribution in [3.05, 3.63) is 29.3 Å². The maximum atomic E-state index is 12.3. The molecule has 1 aromatic rings. The number of nitrogens with one attached hydrogen (secondary N) is 1. The van der Waals surface area contributed by atoms with Crippen LogP contribution in [0.3, 0.4) is 0 Å². The molecule has 0 saturated carbocycles. The standard InChI is InChI=1S/C13H19NO2/c1-9-6-7-11(16-5)10(8-9)12(15)13(2,3)14-4/h6-8,14H,1-5H3. The van der Waals surface area contributed by atoms with Gasteiger partial charge in [-0.1, -0.05) is 11.6 Å². The van der Waals surface area contributed by atoms with Gasteiger partial charge in [0.05, 0.1) is 18.2 Å². The molecule has 0 aromatic heterocycles. The first-order valence-electron chi connectivity index (χ1n) is 5.30. The van der Waals surface area contributed by atoms with Crippen molar-refractivity contribution >= 4 is 5.78 Å². The molecular weight excluding hydrogens is 202 g/mol. The molecule has 0 radical (unpaired) electrons. The van der Waals surface area contributed by atoms with Gasteiger partial charge >= 0.3 is 0 Å². The van der Waals surface area contributed by atoms with Crippen molar-refractivity contribution in [3.8, 4) is 5.75 Å².